The summed E-state index contributed by atoms with van der Waals surface area (Å²) >= 11 is 0. The number of nitrogens with one attached hydrogen (secondary N) is 1. The molecule has 1 heterocycles. The zero-order valence-corrected chi connectivity index (χ0v) is 12.1. The Labute approximate surface area is 111 Å². The van der Waals surface area contributed by atoms with E-state index >= 15 is 0 Å². The second-order valence-corrected chi connectivity index (χ2v) is 5.71. The van der Waals surface area contributed by atoms with Gasteiger partial charge in [0.05, 0.1) is 0 Å². The number of aryl methyl sites for hydroxylation is 1. The maximum Gasteiger partial charge on any atom is 0.0360 e. The van der Waals surface area contributed by atoms with E-state index in [4.69, 9.17) is 0 Å². The fraction of sp³-hybridized carbons (Fsp3) is 0.733. The van der Waals surface area contributed by atoms with E-state index in [2.05, 4.69) is 54.1 Å². The molecule has 3 heteroatoms. The van der Waals surface area contributed by atoms with Crippen LogP contribution in [0.5, 0.6) is 0 Å². The fourth-order valence-corrected chi connectivity index (χ4v) is 3.16. The molecule has 1 saturated carbocycles. The molecule has 0 saturated heterocycles. The van der Waals surface area contributed by atoms with Crippen molar-refractivity contribution >= 4 is 0 Å². The second kappa shape index (κ2) is 5.89. The van der Waals surface area contributed by atoms with Crippen LogP contribution in [0.2, 0.25) is 0 Å². The minimum absolute atomic E-state index is 0.392. The maximum absolute atomic E-state index is 3.66. The second-order valence-electron chi connectivity index (χ2n) is 5.71. The normalized spacial score (nSPS) is 18.7. The molecule has 18 heavy (non-hydrogen) atoms. The number of nitrogens with zero attached hydrogens (tertiary/aromatic N) is 2. The van der Waals surface area contributed by atoms with Gasteiger partial charge in [0, 0.05) is 37.1 Å². The highest BCUT2D eigenvalue weighted by molar-refractivity contribution is 5.07. The summed E-state index contributed by atoms with van der Waals surface area (Å²) in [6.07, 6.45) is 7.59. The van der Waals surface area contributed by atoms with Gasteiger partial charge >= 0.3 is 0 Å². The van der Waals surface area contributed by atoms with Crippen LogP contribution in [0, 0.1) is 0 Å². The molecular formula is C15H27N3. The lowest BCUT2D eigenvalue weighted by Crippen LogP contribution is -2.49. The van der Waals surface area contributed by atoms with Crippen LogP contribution in [0.4, 0.5) is 0 Å². The summed E-state index contributed by atoms with van der Waals surface area (Å²) in [7, 11) is 4.45. The molecule has 1 aliphatic rings. The van der Waals surface area contributed by atoms with Gasteiger partial charge in [-0.25, -0.2) is 0 Å². The monoisotopic (exact) mass is 249 g/mol. The van der Waals surface area contributed by atoms with Gasteiger partial charge in [-0.15, -0.1) is 0 Å². The molecular weight excluding hydrogens is 222 g/mol. The fourth-order valence-electron chi connectivity index (χ4n) is 3.16. The third kappa shape index (κ3) is 2.78. The van der Waals surface area contributed by atoms with Crippen molar-refractivity contribution in [3.63, 3.8) is 0 Å². The standard InChI is InChI=1S/C15H27N3/c1-4-18-11-7-8-14(18)12-16-13-15(17(2)3)9-5-6-10-15/h7-8,11,16H,4-6,9-10,12-13H2,1-3H3. The van der Waals surface area contributed by atoms with Gasteiger partial charge in [-0.1, -0.05) is 12.8 Å². The third-order valence-electron chi connectivity index (χ3n) is 4.51. The lowest BCUT2D eigenvalue weighted by Gasteiger charge is -2.36. The molecule has 2 rings (SSSR count). The summed E-state index contributed by atoms with van der Waals surface area (Å²) in [4.78, 5) is 2.42. The minimum atomic E-state index is 0.392. The molecule has 1 aromatic rings. The first-order valence-corrected chi connectivity index (χ1v) is 7.20. The number of likely N-dealkylation sites (N-methyl/N-ethyl adjacent to an activating group) is 1. The molecule has 0 atom stereocenters. The van der Waals surface area contributed by atoms with Crippen molar-refractivity contribution < 1.29 is 0 Å². The van der Waals surface area contributed by atoms with Crippen molar-refractivity contribution in [1.29, 1.82) is 0 Å². The smallest absolute Gasteiger partial charge is 0.0360 e. The van der Waals surface area contributed by atoms with Crippen molar-refractivity contribution in [1.82, 2.24) is 14.8 Å². The summed E-state index contributed by atoms with van der Waals surface area (Å²) in [6, 6.07) is 4.35. The van der Waals surface area contributed by atoms with E-state index in [1.54, 1.807) is 0 Å². The highest BCUT2D eigenvalue weighted by Gasteiger charge is 2.35. The summed E-state index contributed by atoms with van der Waals surface area (Å²) in [5.74, 6) is 0. The lowest BCUT2D eigenvalue weighted by atomic mass is 9.96. The highest BCUT2D eigenvalue weighted by Crippen LogP contribution is 2.33. The SMILES string of the molecule is CCn1cccc1CNCC1(N(C)C)CCCC1. The topological polar surface area (TPSA) is 20.2 Å². The Hall–Kier alpha value is -0.800. The van der Waals surface area contributed by atoms with E-state index in [0.717, 1.165) is 19.6 Å². The maximum atomic E-state index is 3.66. The Morgan fingerprint density at radius 1 is 1.33 bits per heavy atom. The molecule has 1 aliphatic carbocycles. The quantitative estimate of drug-likeness (QED) is 0.836. The van der Waals surface area contributed by atoms with Crippen LogP contribution in [-0.2, 0) is 13.1 Å². The summed E-state index contributed by atoms with van der Waals surface area (Å²) in [5.41, 5.74) is 1.79. The average Bonchev–Trinajstić information content (AvgIpc) is 2.98. The largest absolute Gasteiger partial charge is 0.351 e. The lowest BCUT2D eigenvalue weighted by molar-refractivity contribution is 0.153. The molecule has 102 valence electrons. The first-order valence-electron chi connectivity index (χ1n) is 7.20. The zero-order chi connectivity index (χ0) is 13.0. The Morgan fingerprint density at radius 3 is 2.67 bits per heavy atom. The van der Waals surface area contributed by atoms with Crippen molar-refractivity contribution in [2.45, 2.75) is 51.2 Å². The highest BCUT2D eigenvalue weighted by atomic mass is 15.2. The number of hydrogen-bond donors (Lipinski definition) is 1. The van der Waals surface area contributed by atoms with Crippen LogP contribution in [0.15, 0.2) is 18.3 Å². The van der Waals surface area contributed by atoms with Crippen molar-refractivity contribution in [2.75, 3.05) is 20.6 Å². The molecule has 1 N–H and O–H groups in total. The van der Waals surface area contributed by atoms with Gasteiger partial charge < -0.3 is 14.8 Å². The average molecular weight is 249 g/mol. The van der Waals surface area contributed by atoms with E-state index in [1.807, 2.05) is 0 Å². The zero-order valence-electron chi connectivity index (χ0n) is 12.1. The van der Waals surface area contributed by atoms with E-state index in [1.165, 1.54) is 31.4 Å². The van der Waals surface area contributed by atoms with Crippen molar-refractivity contribution in [3.05, 3.63) is 24.0 Å². The number of hydrogen-bond acceptors (Lipinski definition) is 2. The molecule has 0 spiro atoms. The Bertz CT molecular complexity index is 362. The molecule has 0 unspecified atom stereocenters. The third-order valence-corrected chi connectivity index (χ3v) is 4.51. The van der Waals surface area contributed by atoms with Crippen LogP contribution in [0.25, 0.3) is 0 Å². The van der Waals surface area contributed by atoms with Gasteiger partial charge in [-0.3, -0.25) is 0 Å². The molecule has 0 bridgehead atoms. The van der Waals surface area contributed by atoms with Gasteiger partial charge in [0.15, 0.2) is 0 Å². The number of rotatable bonds is 6. The molecule has 0 radical (unpaired) electrons. The van der Waals surface area contributed by atoms with Crippen molar-refractivity contribution in [2.24, 2.45) is 0 Å². The van der Waals surface area contributed by atoms with Crippen LogP contribution >= 0.6 is 0 Å². The number of aromatic nitrogens is 1. The molecule has 0 aromatic carbocycles. The molecule has 0 aliphatic heterocycles. The molecule has 0 amide bonds. The molecule has 3 nitrogen and oxygen atoms in total. The minimum Gasteiger partial charge on any atom is -0.351 e. The molecule has 1 aromatic heterocycles. The van der Waals surface area contributed by atoms with Crippen LogP contribution < -0.4 is 5.32 Å². The van der Waals surface area contributed by atoms with E-state index < -0.39 is 0 Å². The first kappa shape index (κ1) is 13.6. The van der Waals surface area contributed by atoms with Crippen LogP contribution in [0.1, 0.15) is 38.3 Å². The summed E-state index contributed by atoms with van der Waals surface area (Å²) in [5, 5.41) is 3.66. The van der Waals surface area contributed by atoms with Gasteiger partial charge in [0.25, 0.3) is 0 Å². The first-order chi connectivity index (χ1) is 8.68. The van der Waals surface area contributed by atoms with Crippen LogP contribution in [-0.4, -0.2) is 35.6 Å². The van der Waals surface area contributed by atoms with Crippen LogP contribution in [0.3, 0.4) is 0 Å². The predicted octanol–water partition coefficient (Wildman–Crippen LogP) is 2.47. The van der Waals surface area contributed by atoms with Gasteiger partial charge in [-0.2, -0.15) is 0 Å². The summed E-state index contributed by atoms with van der Waals surface area (Å²) in [6.45, 7) is 5.34. The predicted molar refractivity (Wildman–Crippen MR) is 76.7 cm³/mol. The van der Waals surface area contributed by atoms with Crippen molar-refractivity contribution in [3.8, 4) is 0 Å². The Balaban J connectivity index is 1.87. The van der Waals surface area contributed by atoms with Gasteiger partial charge in [0.2, 0.25) is 0 Å². The summed E-state index contributed by atoms with van der Waals surface area (Å²) < 4.78 is 2.31. The molecule has 1 fully saturated rings. The Kier molecular flexibility index (Phi) is 4.46. The van der Waals surface area contributed by atoms with Gasteiger partial charge in [0.1, 0.15) is 0 Å². The van der Waals surface area contributed by atoms with E-state index in [9.17, 15) is 0 Å². The van der Waals surface area contributed by atoms with Gasteiger partial charge in [-0.05, 0) is 46.0 Å². The van der Waals surface area contributed by atoms with E-state index in [0.29, 0.717) is 5.54 Å². The van der Waals surface area contributed by atoms with E-state index in [-0.39, 0.29) is 0 Å². The Morgan fingerprint density at radius 2 is 2.06 bits per heavy atom.